The molecule has 0 bridgehead atoms. The van der Waals surface area contributed by atoms with E-state index in [1.807, 2.05) is 24.3 Å². The lowest BCUT2D eigenvalue weighted by Crippen LogP contribution is -2.48. The van der Waals surface area contributed by atoms with E-state index in [-0.39, 0.29) is 10.7 Å². The SMILES string of the molecule is COc1ccc(N2CCN(S(=O)(=O)c3ccc(C(C)=O)cc3)CC2)cc1. The molecular formula is C19H22N2O4S. The van der Waals surface area contributed by atoms with Crippen molar-refractivity contribution >= 4 is 21.5 Å². The predicted molar refractivity (Wildman–Crippen MR) is 100 cm³/mol. The summed E-state index contributed by atoms with van der Waals surface area (Å²) in [6, 6.07) is 13.9. The average Bonchev–Trinajstić information content (AvgIpc) is 2.68. The molecule has 0 spiro atoms. The fourth-order valence-corrected chi connectivity index (χ4v) is 4.41. The third-order valence-electron chi connectivity index (χ3n) is 4.57. The van der Waals surface area contributed by atoms with Gasteiger partial charge in [-0.3, -0.25) is 4.79 Å². The first-order chi connectivity index (χ1) is 12.4. The number of carbonyl (C=O) groups is 1. The van der Waals surface area contributed by atoms with Crippen LogP contribution in [0.4, 0.5) is 5.69 Å². The molecule has 2 aromatic rings. The highest BCUT2D eigenvalue weighted by molar-refractivity contribution is 7.89. The minimum atomic E-state index is -3.55. The van der Waals surface area contributed by atoms with Gasteiger partial charge in [0.1, 0.15) is 5.75 Å². The van der Waals surface area contributed by atoms with E-state index in [4.69, 9.17) is 4.74 Å². The Morgan fingerprint density at radius 3 is 2.00 bits per heavy atom. The number of Topliss-reactive ketones (excluding diaryl/α,β-unsaturated/α-hetero) is 1. The second kappa shape index (κ2) is 7.47. The fourth-order valence-electron chi connectivity index (χ4n) is 2.99. The van der Waals surface area contributed by atoms with Crippen LogP contribution in [-0.4, -0.2) is 51.8 Å². The smallest absolute Gasteiger partial charge is 0.243 e. The van der Waals surface area contributed by atoms with Gasteiger partial charge in [-0.15, -0.1) is 0 Å². The van der Waals surface area contributed by atoms with Gasteiger partial charge in [-0.05, 0) is 43.3 Å². The van der Waals surface area contributed by atoms with Crippen LogP contribution >= 0.6 is 0 Å². The summed E-state index contributed by atoms with van der Waals surface area (Å²) in [4.78, 5) is 13.7. The number of rotatable bonds is 5. The van der Waals surface area contributed by atoms with Crippen LogP contribution in [0.15, 0.2) is 53.4 Å². The van der Waals surface area contributed by atoms with Crippen molar-refractivity contribution in [3.8, 4) is 5.75 Å². The van der Waals surface area contributed by atoms with E-state index in [1.165, 1.54) is 23.4 Å². The van der Waals surface area contributed by atoms with Crippen LogP contribution in [0.5, 0.6) is 5.75 Å². The monoisotopic (exact) mass is 374 g/mol. The summed E-state index contributed by atoms with van der Waals surface area (Å²) in [5, 5.41) is 0. The van der Waals surface area contributed by atoms with Gasteiger partial charge in [0.2, 0.25) is 10.0 Å². The highest BCUT2D eigenvalue weighted by atomic mass is 32.2. The van der Waals surface area contributed by atoms with Gasteiger partial charge < -0.3 is 9.64 Å². The van der Waals surface area contributed by atoms with Gasteiger partial charge >= 0.3 is 0 Å². The number of nitrogens with zero attached hydrogens (tertiary/aromatic N) is 2. The first kappa shape index (κ1) is 18.4. The molecule has 26 heavy (non-hydrogen) atoms. The van der Waals surface area contributed by atoms with E-state index in [0.717, 1.165) is 11.4 Å². The summed E-state index contributed by atoms with van der Waals surface area (Å²) in [6.07, 6.45) is 0. The summed E-state index contributed by atoms with van der Waals surface area (Å²) in [7, 11) is -1.92. The number of ketones is 1. The molecule has 1 saturated heterocycles. The molecule has 0 saturated carbocycles. The van der Waals surface area contributed by atoms with Crippen molar-refractivity contribution in [3.63, 3.8) is 0 Å². The Labute approximate surface area is 154 Å². The lowest BCUT2D eigenvalue weighted by atomic mass is 10.2. The molecule has 1 heterocycles. The maximum Gasteiger partial charge on any atom is 0.243 e. The first-order valence-electron chi connectivity index (χ1n) is 8.42. The van der Waals surface area contributed by atoms with Gasteiger partial charge in [-0.25, -0.2) is 8.42 Å². The van der Waals surface area contributed by atoms with Gasteiger partial charge in [-0.1, -0.05) is 12.1 Å². The molecular weight excluding hydrogens is 352 g/mol. The molecule has 0 aromatic heterocycles. The van der Waals surface area contributed by atoms with Gasteiger partial charge in [0, 0.05) is 37.4 Å². The predicted octanol–water partition coefficient (Wildman–Crippen LogP) is 2.41. The standard InChI is InChI=1S/C19H22N2O4S/c1-15(22)16-3-9-19(10-4-16)26(23,24)21-13-11-20(12-14-21)17-5-7-18(25-2)8-6-17/h3-10H,11-14H2,1-2H3. The summed E-state index contributed by atoms with van der Waals surface area (Å²) in [6.45, 7) is 3.54. The molecule has 1 fully saturated rings. The summed E-state index contributed by atoms with van der Waals surface area (Å²) >= 11 is 0. The molecule has 6 nitrogen and oxygen atoms in total. The Balaban J connectivity index is 1.68. The molecule has 7 heteroatoms. The zero-order valence-corrected chi connectivity index (χ0v) is 15.7. The lowest BCUT2D eigenvalue weighted by Gasteiger charge is -2.35. The maximum atomic E-state index is 12.8. The van der Waals surface area contributed by atoms with Crippen LogP contribution in [0.2, 0.25) is 0 Å². The van der Waals surface area contributed by atoms with Crippen molar-refractivity contribution in [1.29, 1.82) is 0 Å². The highest BCUT2D eigenvalue weighted by Gasteiger charge is 2.28. The van der Waals surface area contributed by atoms with Crippen molar-refractivity contribution in [2.45, 2.75) is 11.8 Å². The van der Waals surface area contributed by atoms with E-state index in [9.17, 15) is 13.2 Å². The fraction of sp³-hybridized carbons (Fsp3) is 0.316. The quantitative estimate of drug-likeness (QED) is 0.752. The van der Waals surface area contributed by atoms with Gasteiger partial charge in [0.15, 0.2) is 5.78 Å². The van der Waals surface area contributed by atoms with E-state index < -0.39 is 10.0 Å². The van der Waals surface area contributed by atoms with Crippen molar-refractivity contribution in [1.82, 2.24) is 4.31 Å². The summed E-state index contributed by atoms with van der Waals surface area (Å²) in [5.74, 6) is 0.714. The molecule has 0 N–H and O–H groups in total. The number of sulfonamides is 1. The number of hydrogen-bond donors (Lipinski definition) is 0. The molecule has 1 aliphatic rings. The molecule has 1 aliphatic heterocycles. The van der Waals surface area contributed by atoms with Crippen molar-refractivity contribution in [2.75, 3.05) is 38.2 Å². The van der Waals surface area contributed by atoms with E-state index in [0.29, 0.717) is 31.7 Å². The second-order valence-corrected chi connectivity index (χ2v) is 8.11. The molecule has 0 aliphatic carbocycles. The topological polar surface area (TPSA) is 66.9 Å². The zero-order valence-electron chi connectivity index (χ0n) is 14.9. The minimum absolute atomic E-state index is 0.0814. The van der Waals surface area contributed by atoms with Crippen LogP contribution in [0.1, 0.15) is 17.3 Å². The van der Waals surface area contributed by atoms with Crippen molar-refractivity contribution in [2.24, 2.45) is 0 Å². The third kappa shape index (κ3) is 3.73. The average molecular weight is 374 g/mol. The van der Waals surface area contributed by atoms with Crippen LogP contribution < -0.4 is 9.64 Å². The molecule has 0 amide bonds. The number of piperazine rings is 1. The molecule has 0 radical (unpaired) electrons. The molecule has 138 valence electrons. The Morgan fingerprint density at radius 1 is 0.923 bits per heavy atom. The maximum absolute atomic E-state index is 12.8. The Hall–Kier alpha value is -2.38. The largest absolute Gasteiger partial charge is 0.497 e. The normalized spacial score (nSPS) is 15.7. The highest BCUT2D eigenvalue weighted by Crippen LogP contribution is 2.23. The second-order valence-electron chi connectivity index (χ2n) is 6.17. The molecule has 0 atom stereocenters. The Bertz CT molecular complexity index is 869. The third-order valence-corrected chi connectivity index (χ3v) is 6.49. The van der Waals surface area contributed by atoms with Crippen LogP contribution in [0.25, 0.3) is 0 Å². The van der Waals surface area contributed by atoms with Crippen LogP contribution in [-0.2, 0) is 10.0 Å². The number of anilines is 1. The van der Waals surface area contributed by atoms with Gasteiger partial charge in [-0.2, -0.15) is 4.31 Å². The van der Waals surface area contributed by atoms with Crippen molar-refractivity contribution in [3.05, 3.63) is 54.1 Å². The Kier molecular flexibility index (Phi) is 5.29. The molecule has 0 unspecified atom stereocenters. The number of ether oxygens (including phenoxy) is 1. The number of hydrogen-bond acceptors (Lipinski definition) is 5. The summed E-state index contributed by atoms with van der Waals surface area (Å²) < 4.78 is 32.3. The number of carbonyl (C=O) groups excluding carboxylic acids is 1. The van der Waals surface area contributed by atoms with Gasteiger partial charge in [0.25, 0.3) is 0 Å². The van der Waals surface area contributed by atoms with Crippen molar-refractivity contribution < 1.29 is 17.9 Å². The summed E-state index contributed by atoms with van der Waals surface area (Å²) in [5.41, 5.74) is 1.56. The molecule has 3 rings (SSSR count). The van der Waals surface area contributed by atoms with Gasteiger partial charge in [0.05, 0.1) is 12.0 Å². The number of benzene rings is 2. The molecule has 2 aromatic carbocycles. The number of methoxy groups -OCH3 is 1. The van der Waals surface area contributed by atoms with Crippen LogP contribution in [0.3, 0.4) is 0 Å². The minimum Gasteiger partial charge on any atom is -0.497 e. The van der Waals surface area contributed by atoms with E-state index in [2.05, 4.69) is 4.90 Å². The zero-order chi connectivity index (χ0) is 18.7. The Morgan fingerprint density at radius 2 is 1.50 bits per heavy atom. The van der Waals surface area contributed by atoms with E-state index >= 15 is 0 Å². The van der Waals surface area contributed by atoms with Crippen LogP contribution in [0, 0.1) is 0 Å². The first-order valence-corrected chi connectivity index (χ1v) is 9.86. The van der Waals surface area contributed by atoms with E-state index in [1.54, 1.807) is 19.2 Å². The lowest BCUT2D eigenvalue weighted by molar-refractivity contribution is 0.101.